The Hall–Kier alpha value is -1.66. The van der Waals surface area contributed by atoms with Crippen LogP contribution in [0, 0.1) is 6.92 Å². The molecule has 2 rings (SSSR count). The van der Waals surface area contributed by atoms with Gasteiger partial charge in [0.25, 0.3) is 0 Å². The van der Waals surface area contributed by atoms with E-state index in [0.29, 0.717) is 12.4 Å². The summed E-state index contributed by atoms with van der Waals surface area (Å²) in [4.78, 5) is 8.85. The Morgan fingerprint density at radius 1 is 1.19 bits per heavy atom. The normalized spacial score (nSPS) is 10.5. The van der Waals surface area contributed by atoms with Crippen molar-refractivity contribution >= 4 is 33.3 Å². The highest BCUT2D eigenvalue weighted by molar-refractivity contribution is 9.10. The zero-order valence-electron chi connectivity index (χ0n) is 12.4. The van der Waals surface area contributed by atoms with Crippen molar-refractivity contribution in [1.82, 2.24) is 9.97 Å². The molecule has 0 aliphatic heterocycles. The fourth-order valence-electron chi connectivity index (χ4n) is 1.90. The molecule has 0 saturated carbocycles. The van der Waals surface area contributed by atoms with Gasteiger partial charge < -0.3 is 15.4 Å². The lowest BCUT2D eigenvalue weighted by Gasteiger charge is -2.11. The van der Waals surface area contributed by atoms with Gasteiger partial charge in [-0.25, -0.2) is 9.97 Å². The standard InChI is InChI=1S/C15H19BrN4O/c1-4-17-13-8-14(20-15(19-13)9-21-3)18-11-5-6-12(16)10(2)7-11/h5-8H,4,9H2,1-3H3,(H2,17,18,19,20). The highest BCUT2D eigenvalue weighted by Crippen LogP contribution is 2.23. The maximum absolute atomic E-state index is 5.11. The number of hydrogen-bond donors (Lipinski definition) is 2. The zero-order valence-corrected chi connectivity index (χ0v) is 14.0. The number of halogens is 1. The van der Waals surface area contributed by atoms with Gasteiger partial charge in [0.05, 0.1) is 0 Å². The van der Waals surface area contributed by atoms with Gasteiger partial charge >= 0.3 is 0 Å². The molecule has 21 heavy (non-hydrogen) atoms. The third kappa shape index (κ3) is 4.41. The van der Waals surface area contributed by atoms with E-state index in [1.807, 2.05) is 25.1 Å². The van der Waals surface area contributed by atoms with Gasteiger partial charge in [0.15, 0.2) is 5.82 Å². The highest BCUT2D eigenvalue weighted by atomic mass is 79.9. The Labute approximate surface area is 133 Å². The molecule has 0 aliphatic carbocycles. The molecule has 112 valence electrons. The summed E-state index contributed by atoms with van der Waals surface area (Å²) >= 11 is 3.50. The van der Waals surface area contributed by atoms with Crippen molar-refractivity contribution in [2.75, 3.05) is 24.3 Å². The van der Waals surface area contributed by atoms with Gasteiger partial charge in [0.2, 0.25) is 0 Å². The Morgan fingerprint density at radius 3 is 2.62 bits per heavy atom. The summed E-state index contributed by atoms with van der Waals surface area (Å²) in [5, 5.41) is 6.50. The number of rotatable bonds is 6. The topological polar surface area (TPSA) is 59.1 Å². The van der Waals surface area contributed by atoms with Crippen molar-refractivity contribution < 1.29 is 4.74 Å². The summed E-state index contributed by atoms with van der Waals surface area (Å²) in [5.74, 6) is 2.18. The molecule has 6 heteroatoms. The van der Waals surface area contributed by atoms with Crippen molar-refractivity contribution in [3.05, 3.63) is 40.1 Å². The van der Waals surface area contributed by atoms with Crippen LogP contribution >= 0.6 is 15.9 Å². The Balaban J connectivity index is 2.26. The molecule has 0 amide bonds. The van der Waals surface area contributed by atoms with Crippen LogP contribution in [-0.2, 0) is 11.3 Å². The van der Waals surface area contributed by atoms with E-state index < -0.39 is 0 Å². The predicted molar refractivity (Wildman–Crippen MR) is 89.1 cm³/mol. The molecule has 0 saturated heterocycles. The summed E-state index contributed by atoms with van der Waals surface area (Å²) in [5.41, 5.74) is 2.15. The summed E-state index contributed by atoms with van der Waals surface area (Å²) in [7, 11) is 1.63. The number of aryl methyl sites for hydroxylation is 1. The largest absolute Gasteiger partial charge is 0.377 e. The first kappa shape index (κ1) is 15.7. The zero-order chi connectivity index (χ0) is 15.2. The van der Waals surface area contributed by atoms with Gasteiger partial charge in [-0.2, -0.15) is 0 Å². The number of anilines is 3. The third-order valence-electron chi connectivity index (χ3n) is 2.83. The van der Waals surface area contributed by atoms with E-state index in [0.717, 1.165) is 33.9 Å². The molecule has 1 aromatic heterocycles. The van der Waals surface area contributed by atoms with Crippen molar-refractivity contribution in [2.45, 2.75) is 20.5 Å². The van der Waals surface area contributed by atoms with Crippen molar-refractivity contribution in [2.24, 2.45) is 0 Å². The van der Waals surface area contributed by atoms with Gasteiger partial charge in [-0.3, -0.25) is 0 Å². The predicted octanol–water partition coefficient (Wildman–Crippen LogP) is 3.87. The van der Waals surface area contributed by atoms with Gasteiger partial charge in [-0.05, 0) is 37.6 Å². The van der Waals surface area contributed by atoms with Crippen LogP contribution in [0.2, 0.25) is 0 Å². The van der Waals surface area contributed by atoms with Crippen molar-refractivity contribution in [3.63, 3.8) is 0 Å². The Morgan fingerprint density at radius 2 is 1.95 bits per heavy atom. The minimum atomic E-state index is 0.382. The van der Waals surface area contributed by atoms with Crippen LogP contribution in [0.3, 0.4) is 0 Å². The number of ether oxygens (including phenoxy) is 1. The van der Waals surface area contributed by atoms with E-state index >= 15 is 0 Å². The fourth-order valence-corrected chi connectivity index (χ4v) is 2.14. The first-order chi connectivity index (χ1) is 10.1. The highest BCUT2D eigenvalue weighted by Gasteiger charge is 2.05. The lowest BCUT2D eigenvalue weighted by Crippen LogP contribution is -2.06. The second-order valence-electron chi connectivity index (χ2n) is 4.61. The quantitative estimate of drug-likeness (QED) is 0.827. The number of methoxy groups -OCH3 is 1. The van der Waals surface area contributed by atoms with Crippen LogP contribution in [0.4, 0.5) is 17.3 Å². The molecular weight excluding hydrogens is 332 g/mol. The lowest BCUT2D eigenvalue weighted by atomic mass is 10.2. The SMILES string of the molecule is CCNc1cc(Nc2ccc(Br)c(C)c2)nc(COC)n1. The molecule has 0 spiro atoms. The fraction of sp³-hybridized carbons (Fsp3) is 0.333. The number of aromatic nitrogens is 2. The van der Waals surface area contributed by atoms with Gasteiger partial charge in [-0.1, -0.05) is 15.9 Å². The summed E-state index contributed by atoms with van der Waals surface area (Å²) in [6.45, 7) is 5.27. The van der Waals surface area contributed by atoms with E-state index in [9.17, 15) is 0 Å². The summed E-state index contributed by atoms with van der Waals surface area (Å²) in [6, 6.07) is 7.97. The van der Waals surface area contributed by atoms with E-state index in [1.54, 1.807) is 7.11 Å². The number of nitrogens with one attached hydrogen (secondary N) is 2. The van der Waals surface area contributed by atoms with Crippen LogP contribution in [0.25, 0.3) is 0 Å². The average Bonchev–Trinajstić information content (AvgIpc) is 2.43. The molecule has 0 unspecified atom stereocenters. The molecule has 0 atom stereocenters. The minimum Gasteiger partial charge on any atom is -0.377 e. The molecule has 0 fully saturated rings. The van der Waals surface area contributed by atoms with Gasteiger partial charge in [0.1, 0.15) is 18.2 Å². The molecule has 5 nitrogen and oxygen atoms in total. The third-order valence-corrected chi connectivity index (χ3v) is 3.72. The second kappa shape index (κ2) is 7.38. The molecule has 1 heterocycles. The van der Waals surface area contributed by atoms with E-state index in [-0.39, 0.29) is 0 Å². The molecule has 2 aromatic rings. The minimum absolute atomic E-state index is 0.382. The van der Waals surface area contributed by atoms with E-state index in [4.69, 9.17) is 4.74 Å². The summed E-state index contributed by atoms with van der Waals surface area (Å²) < 4.78 is 6.20. The molecule has 0 aliphatic rings. The van der Waals surface area contributed by atoms with Crippen LogP contribution in [0.1, 0.15) is 18.3 Å². The van der Waals surface area contributed by atoms with Crippen LogP contribution in [0.15, 0.2) is 28.7 Å². The van der Waals surface area contributed by atoms with Gasteiger partial charge in [-0.15, -0.1) is 0 Å². The maximum atomic E-state index is 5.11. The van der Waals surface area contributed by atoms with Crippen LogP contribution in [-0.4, -0.2) is 23.6 Å². The average molecular weight is 351 g/mol. The molecule has 0 radical (unpaired) electrons. The van der Waals surface area contributed by atoms with E-state index in [1.165, 1.54) is 0 Å². The van der Waals surface area contributed by atoms with E-state index in [2.05, 4.69) is 49.5 Å². The summed E-state index contributed by atoms with van der Waals surface area (Å²) in [6.07, 6.45) is 0. The molecule has 0 bridgehead atoms. The molecule has 2 N–H and O–H groups in total. The van der Waals surface area contributed by atoms with Crippen LogP contribution < -0.4 is 10.6 Å². The first-order valence-corrected chi connectivity index (χ1v) is 7.55. The Bertz CT molecular complexity index is 594. The lowest BCUT2D eigenvalue weighted by molar-refractivity contribution is 0.178. The Kier molecular flexibility index (Phi) is 5.52. The second-order valence-corrected chi connectivity index (χ2v) is 5.46. The van der Waals surface area contributed by atoms with Crippen LogP contribution in [0.5, 0.6) is 0 Å². The molecule has 1 aromatic carbocycles. The number of hydrogen-bond acceptors (Lipinski definition) is 5. The number of nitrogens with zero attached hydrogens (tertiary/aromatic N) is 2. The first-order valence-electron chi connectivity index (χ1n) is 6.76. The van der Waals surface area contributed by atoms with Gasteiger partial charge in [0, 0.05) is 29.9 Å². The molecular formula is C15H19BrN4O. The monoisotopic (exact) mass is 350 g/mol. The van der Waals surface area contributed by atoms with Crippen molar-refractivity contribution in [1.29, 1.82) is 0 Å². The smallest absolute Gasteiger partial charge is 0.158 e. The van der Waals surface area contributed by atoms with Crippen molar-refractivity contribution in [3.8, 4) is 0 Å². The maximum Gasteiger partial charge on any atom is 0.158 e. The number of benzene rings is 1.